The average Bonchev–Trinajstić information content (AvgIpc) is 2.78. The summed E-state index contributed by atoms with van der Waals surface area (Å²) in [6.07, 6.45) is 1.79. The Hall–Kier alpha value is -1.14. The van der Waals surface area contributed by atoms with Gasteiger partial charge in [-0.2, -0.15) is 5.26 Å². The Bertz CT molecular complexity index is 402. The van der Waals surface area contributed by atoms with Crippen molar-refractivity contribution < 1.29 is 4.79 Å². The maximum Gasteiger partial charge on any atom is 0.190 e. The summed E-state index contributed by atoms with van der Waals surface area (Å²) in [5.41, 5.74) is 1.18. The summed E-state index contributed by atoms with van der Waals surface area (Å²) in [5.74, 6) is -0.375. The van der Waals surface area contributed by atoms with Crippen molar-refractivity contribution in [1.29, 1.82) is 5.26 Å². The Balaban J connectivity index is 2.88. The number of hydrogen-bond acceptors (Lipinski definition) is 3. The summed E-state index contributed by atoms with van der Waals surface area (Å²) in [6, 6.07) is 4.05. The average molecular weight is 235 g/mol. The van der Waals surface area contributed by atoms with Crippen LogP contribution in [0, 0.1) is 23.2 Å². The molecule has 0 fully saturated rings. The molecular weight excluding hydrogens is 218 g/mol. The SMILES string of the molecule is CCc1csc(C(=O)C(C#N)C(C)CC)c1. The van der Waals surface area contributed by atoms with Crippen molar-refractivity contribution in [2.75, 3.05) is 0 Å². The molecule has 2 nitrogen and oxygen atoms in total. The number of rotatable bonds is 5. The third kappa shape index (κ3) is 2.70. The second-order valence-electron chi connectivity index (χ2n) is 4.03. The van der Waals surface area contributed by atoms with Crippen molar-refractivity contribution in [3.63, 3.8) is 0 Å². The Kier molecular flexibility index (Phi) is 4.70. The molecule has 0 aromatic carbocycles. The molecule has 0 N–H and O–H groups in total. The molecule has 0 aliphatic carbocycles. The zero-order valence-corrected chi connectivity index (χ0v) is 10.8. The van der Waals surface area contributed by atoms with E-state index in [-0.39, 0.29) is 11.7 Å². The Morgan fingerprint density at radius 2 is 2.25 bits per heavy atom. The summed E-state index contributed by atoms with van der Waals surface area (Å²) in [7, 11) is 0. The minimum absolute atomic E-state index is 0.0125. The van der Waals surface area contributed by atoms with Gasteiger partial charge in [0, 0.05) is 0 Å². The predicted molar refractivity (Wildman–Crippen MR) is 66.6 cm³/mol. The van der Waals surface area contributed by atoms with Gasteiger partial charge in [-0.25, -0.2) is 0 Å². The summed E-state index contributed by atoms with van der Waals surface area (Å²) < 4.78 is 0. The number of nitriles is 1. The van der Waals surface area contributed by atoms with Crippen LogP contribution < -0.4 is 0 Å². The van der Waals surface area contributed by atoms with Crippen molar-refractivity contribution >= 4 is 17.1 Å². The van der Waals surface area contributed by atoms with Gasteiger partial charge in [-0.1, -0.05) is 27.2 Å². The quantitative estimate of drug-likeness (QED) is 0.730. The van der Waals surface area contributed by atoms with Crippen LogP contribution in [0.25, 0.3) is 0 Å². The third-order valence-corrected chi connectivity index (χ3v) is 3.93. The van der Waals surface area contributed by atoms with Crippen LogP contribution in [0.15, 0.2) is 11.4 Å². The first kappa shape index (κ1) is 12.9. The monoisotopic (exact) mass is 235 g/mol. The van der Waals surface area contributed by atoms with Gasteiger partial charge in [-0.05, 0) is 29.3 Å². The molecule has 86 valence electrons. The fraction of sp³-hybridized carbons (Fsp3) is 0.538. The molecule has 2 unspecified atom stereocenters. The Labute approximate surface area is 101 Å². The Morgan fingerprint density at radius 3 is 2.69 bits per heavy atom. The lowest BCUT2D eigenvalue weighted by Gasteiger charge is -2.13. The zero-order valence-electron chi connectivity index (χ0n) is 9.99. The maximum atomic E-state index is 12.1. The van der Waals surface area contributed by atoms with Crippen LogP contribution in [0.4, 0.5) is 0 Å². The summed E-state index contributed by atoms with van der Waals surface area (Å²) in [6.45, 7) is 6.03. The zero-order chi connectivity index (χ0) is 12.1. The van der Waals surface area contributed by atoms with Crippen molar-refractivity contribution in [2.24, 2.45) is 11.8 Å². The summed E-state index contributed by atoms with van der Waals surface area (Å²) in [5, 5.41) is 11.1. The van der Waals surface area contributed by atoms with Gasteiger partial charge in [-0.3, -0.25) is 4.79 Å². The maximum absolute atomic E-state index is 12.1. The fourth-order valence-corrected chi connectivity index (χ4v) is 2.50. The van der Waals surface area contributed by atoms with E-state index in [0.29, 0.717) is 0 Å². The molecule has 0 amide bonds. The standard InChI is InChI=1S/C13H17NOS/c1-4-9(3)11(7-14)13(15)12-6-10(5-2)8-16-12/h6,8-9,11H,4-5H2,1-3H3. The second kappa shape index (κ2) is 5.81. The van der Waals surface area contributed by atoms with Crippen LogP contribution in [0.2, 0.25) is 0 Å². The van der Waals surface area contributed by atoms with E-state index >= 15 is 0 Å². The van der Waals surface area contributed by atoms with Crippen molar-refractivity contribution in [3.05, 3.63) is 21.9 Å². The van der Waals surface area contributed by atoms with E-state index < -0.39 is 5.92 Å². The van der Waals surface area contributed by atoms with Gasteiger partial charge in [0.2, 0.25) is 0 Å². The number of aryl methyl sites for hydroxylation is 1. The topological polar surface area (TPSA) is 40.9 Å². The lowest BCUT2D eigenvalue weighted by molar-refractivity contribution is 0.0922. The molecule has 16 heavy (non-hydrogen) atoms. The number of nitrogens with zero attached hydrogens (tertiary/aromatic N) is 1. The normalized spacial score (nSPS) is 14.1. The lowest BCUT2D eigenvalue weighted by Crippen LogP contribution is -2.19. The van der Waals surface area contributed by atoms with Crippen LogP contribution in [-0.4, -0.2) is 5.78 Å². The third-order valence-electron chi connectivity index (χ3n) is 2.94. The molecule has 0 saturated heterocycles. The first-order valence-electron chi connectivity index (χ1n) is 5.65. The van der Waals surface area contributed by atoms with E-state index in [0.717, 1.165) is 17.7 Å². The van der Waals surface area contributed by atoms with Crippen molar-refractivity contribution in [3.8, 4) is 6.07 Å². The van der Waals surface area contributed by atoms with Crippen LogP contribution in [0.5, 0.6) is 0 Å². The highest BCUT2D eigenvalue weighted by Crippen LogP contribution is 2.24. The van der Waals surface area contributed by atoms with Gasteiger partial charge in [-0.15, -0.1) is 11.3 Å². The highest BCUT2D eigenvalue weighted by atomic mass is 32.1. The van der Waals surface area contributed by atoms with E-state index in [2.05, 4.69) is 13.0 Å². The summed E-state index contributed by atoms with van der Waals surface area (Å²) >= 11 is 1.45. The molecule has 0 radical (unpaired) electrons. The number of Topliss-reactive ketones (excluding diaryl/α,β-unsaturated/α-hetero) is 1. The van der Waals surface area contributed by atoms with E-state index in [1.165, 1.54) is 16.9 Å². The molecule has 3 heteroatoms. The van der Waals surface area contributed by atoms with Gasteiger partial charge < -0.3 is 0 Å². The first-order valence-corrected chi connectivity index (χ1v) is 6.53. The van der Waals surface area contributed by atoms with Crippen LogP contribution >= 0.6 is 11.3 Å². The molecule has 0 saturated carbocycles. The van der Waals surface area contributed by atoms with E-state index in [4.69, 9.17) is 5.26 Å². The first-order chi connectivity index (χ1) is 7.63. The molecule has 1 heterocycles. The molecule has 0 aliphatic rings. The van der Waals surface area contributed by atoms with Gasteiger partial charge in [0.1, 0.15) is 5.92 Å². The number of ketones is 1. The van der Waals surface area contributed by atoms with Gasteiger partial charge in [0.15, 0.2) is 5.78 Å². The molecule has 0 spiro atoms. The van der Waals surface area contributed by atoms with Crippen LogP contribution in [0.3, 0.4) is 0 Å². The highest BCUT2D eigenvalue weighted by Gasteiger charge is 2.25. The fourth-order valence-electron chi connectivity index (χ4n) is 1.52. The van der Waals surface area contributed by atoms with Gasteiger partial charge in [0.25, 0.3) is 0 Å². The smallest absolute Gasteiger partial charge is 0.190 e. The number of carbonyl (C=O) groups is 1. The Morgan fingerprint density at radius 1 is 1.56 bits per heavy atom. The van der Waals surface area contributed by atoms with E-state index in [1.807, 2.05) is 25.3 Å². The molecule has 1 aromatic rings. The lowest BCUT2D eigenvalue weighted by atomic mass is 9.88. The molecule has 0 aliphatic heterocycles. The number of carbonyl (C=O) groups excluding carboxylic acids is 1. The largest absolute Gasteiger partial charge is 0.292 e. The minimum atomic E-state index is -0.492. The van der Waals surface area contributed by atoms with Crippen molar-refractivity contribution in [2.45, 2.75) is 33.6 Å². The van der Waals surface area contributed by atoms with Gasteiger partial charge >= 0.3 is 0 Å². The molecule has 1 rings (SSSR count). The molecule has 2 atom stereocenters. The molecule has 0 bridgehead atoms. The molecule has 1 aromatic heterocycles. The second-order valence-corrected chi connectivity index (χ2v) is 4.94. The minimum Gasteiger partial charge on any atom is -0.292 e. The summed E-state index contributed by atoms with van der Waals surface area (Å²) in [4.78, 5) is 12.8. The molecular formula is C13H17NOS. The van der Waals surface area contributed by atoms with E-state index in [1.54, 1.807) is 0 Å². The van der Waals surface area contributed by atoms with Gasteiger partial charge in [0.05, 0.1) is 10.9 Å². The number of hydrogen-bond donors (Lipinski definition) is 0. The highest BCUT2D eigenvalue weighted by molar-refractivity contribution is 7.12. The van der Waals surface area contributed by atoms with Crippen LogP contribution in [-0.2, 0) is 6.42 Å². The van der Waals surface area contributed by atoms with Crippen molar-refractivity contribution in [1.82, 2.24) is 0 Å². The van der Waals surface area contributed by atoms with E-state index in [9.17, 15) is 4.79 Å². The predicted octanol–water partition coefficient (Wildman–Crippen LogP) is 3.68. The van der Waals surface area contributed by atoms with Crippen LogP contribution in [0.1, 0.15) is 42.4 Å². The number of thiophene rings is 1.